The van der Waals surface area contributed by atoms with Gasteiger partial charge in [0.15, 0.2) is 11.6 Å². The highest BCUT2D eigenvalue weighted by molar-refractivity contribution is 5.51. The summed E-state index contributed by atoms with van der Waals surface area (Å²) in [6.07, 6.45) is 6.44. The summed E-state index contributed by atoms with van der Waals surface area (Å²) in [7, 11) is 3.63. The maximum absolute atomic E-state index is 5.40. The van der Waals surface area contributed by atoms with E-state index in [0.29, 0.717) is 5.82 Å². The number of nitrogens with zero attached hydrogens (tertiary/aromatic N) is 6. The minimum absolute atomic E-state index is 0.146. The molecule has 0 aliphatic carbocycles. The molecule has 0 saturated heterocycles. The highest BCUT2D eigenvalue weighted by atomic mass is 16.5. The van der Waals surface area contributed by atoms with Crippen molar-refractivity contribution in [3.63, 3.8) is 0 Å². The first-order chi connectivity index (χ1) is 12.6. The number of ether oxygens (including phenoxy) is 1. The van der Waals surface area contributed by atoms with Gasteiger partial charge in [0.1, 0.15) is 11.6 Å². The van der Waals surface area contributed by atoms with Crippen LogP contribution in [0, 0.1) is 6.92 Å². The molecule has 0 N–H and O–H groups in total. The Morgan fingerprint density at radius 1 is 1.19 bits per heavy atom. The Hall–Kier alpha value is -2.96. The first-order valence-electron chi connectivity index (χ1n) is 8.69. The third-order valence-corrected chi connectivity index (χ3v) is 4.87. The van der Waals surface area contributed by atoms with E-state index in [0.717, 1.165) is 47.3 Å². The number of pyridine rings is 1. The smallest absolute Gasteiger partial charge is 0.196 e. The molecule has 0 amide bonds. The zero-order valence-corrected chi connectivity index (χ0v) is 15.5. The molecule has 0 fully saturated rings. The molecule has 1 aliphatic heterocycles. The van der Waals surface area contributed by atoms with Crippen LogP contribution in [-0.2, 0) is 13.5 Å². The molecule has 7 heteroatoms. The summed E-state index contributed by atoms with van der Waals surface area (Å²) in [6.45, 7) is 5.00. The molecule has 0 aromatic carbocycles. The lowest BCUT2D eigenvalue weighted by molar-refractivity contribution is 0.413. The molecular formula is C19H22N6O. The summed E-state index contributed by atoms with van der Waals surface area (Å²) in [5, 5.41) is 0. The molecule has 4 heterocycles. The van der Waals surface area contributed by atoms with E-state index in [1.807, 2.05) is 43.1 Å². The highest BCUT2D eigenvalue weighted by Crippen LogP contribution is 2.33. The van der Waals surface area contributed by atoms with Gasteiger partial charge in [-0.15, -0.1) is 0 Å². The summed E-state index contributed by atoms with van der Waals surface area (Å²) in [5.74, 6) is 3.21. The van der Waals surface area contributed by atoms with E-state index >= 15 is 0 Å². The van der Waals surface area contributed by atoms with Crippen LogP contribution in [0.1, 0.15) is 29.9 Å². The van der Waals surface area contributed by atoms with Crippen molar-refractivity contribution in [3.05, 3.63) is 47.7 Å². The van der Waals surface area contributed by atoms with Crippen molar-refractivity contribution in [3.8, 4) is 17.4 Å². The second-order valence-electron chi connectivity index (χ2n) is 6.58. The first kappa shape index (κ1) is 16.5. The molecule has 0 bridgehead atoms. The molecule has 0 spiro atoms. The second-order valence-corrected chi connectivity index (χ2v) is 6.58. The molecule has 26 heavy (non-hydrogen) atoms. The first-order valence-corrected chi connectivity index (χ1v) is 8.69. The number of rotatable bonds is 3. The lowest BCUT2D eigenvalue weighted by Crippen LogP contribution is -2.35. The molecule has 1 atom stereocenters. The number of fused-ring (bicyclic) bond motifs is 1. The third kappa shape index (κ3) is 2.79. The van der Waals surface area contributed by atoms with Crippen LogP contribution in [-0.4, -0.2) is 38.2 Å². The highest BCUT2D eigenvalue weighted by Gasteiger charge is 2.27. The molecule has 3 aromatic rings. The van der Waals surface area contributed by atoms with E-state index in [-0.39, 0.29) is 6.04 Å². The molecular weight excluding hydrogens is 328 g/mol. The van der Waals surface area contributed by atoms with Gasteiger partial charge in [0, 0.05) is 62.0 Å². The van der Waals surface area contributed by atoms with E-state index in [1.54, 1.807) is 13.3 Å². The normalized spacial score (nSPS) is 16.5. The van der Waals surface area contributed by atoms with Crippen molar-refractivity contribution in [1.29, 1.82) is 0 Å². The standard InChI is InChI=1S/C19H22N6O/c1-12-9-14(26-4)10-17(22-12)25-7-5-16-15(13(25)2)11-21-18(23-16)19-20-6-8-24(19)3/h6,8-11,13H,5,7H2,1-4H3. The molecule has 134 valence electrons. The van der Waals surface area contributed by atoms with E-state index < -0.39 is 0 Å². The third-order valence-electron chi connectivity index (χ3n) is 4.87. The molecule has 1 unspecified atom stereocenters. The van der Waals surface area contributed by atoms with E-state index in [1.165, 1.54) is 0 Å². The van der Waals surface area contributed by atoms with Gasteiger partial charge in [-0.1, -0.05) is 0 Å². The molecule has 1 aliphatic rings. The van der Waals surface area contributed by atoms with Crippen LogP contribution in [0.3, 0.4) is 0 Å². The molecule has 3 aromatic heterocycles. The van der Waals surface area contributed by atoms with Gasteiger partial charge in [-0.2, -0.15) is 0 Å². The Labute approximate surface area is 152 Å². The second kappa shape index (κ2) is 6.40. The molecule has 0 saturated carbocycles. The summed E-state index contributed by atoms with van der Waals surface area (Å²) >= 11 is 0. The zero-order chi connectivity index (χ0) is 18.3. The fraction of sp³-hybridized carbons (Fsp3) is 0.368. The van der Waals surface area contributed by atoms with Crippen molar-refractivity contribution >= 4 is 5.82 Å². The number of hydrogen-bond donors (Lipinski definition) is 0. The van der Waals surface area contributed by atoms with Crippen molar-refractivity contribution in [1.82, 2.24) is 24.5 Å². The van der Waals surface area contributed by atoms with Crippen LogP contribution < -0.4 is 9.64 Å². The lowest BCUT2D eigenvalue weighted by atomic mass is 9.99. The Bertz CT molecular complexity index is 951. The minimum Gasteiger partial charge on any atom is -0.497 e. The van der Waals surface area contributed by atoms with Gasteiger partial charge in [0.05, 0.1) is 18.8 Å². The van der Waals surface area contributed by atoms with Gasteiger partial charge in [-0.25, -0.2) is 19.9 Å². The summed E-state index contributed by atoms with van der Waals surface area (Å²) < 4.78 is 7.33. The maximum Gasteiger partial charge on any atom is 0.196 e. The predicted octanol–water partition coefficient (Wildman–Crippen LogP) is 2.71. The van der Waals surface area contributed by atoms with Crippen molar-refractivity contribution < 1.29 is 4.74 Å². The van der Waals surface area contributed by atoms with Crippen molar-refractivity contribution in [2.24, 2.45) is 7.05 Å². The summed E-state index contributed by atoms with van der Waals surface area (Å²) in [5.41, 5.74) is 3.16. The Kier molecular flexibility index (Phi) is 4.06. The zero-order valence-electron chi connectivity index (χ0n) is 15.5. The van der Waals surface area contributed by atoms with E-state index in [2.05, 4.69) is 21.8 Å². The van der Waals surface area contributed by atoms with Crippen LogP contribution >= 0.6 is 0 Å². The number of hydrogen-bond acceptors (Lipinski definition) is 6. The van der Waals surface area contributed by atoms with Gasteiger partial charge in [0.2, 0.25) is 0 Å². The predicted molar refractivity (Wildman–Crippen MR) is 99.2 cm³/mol. The quantitative estimate of drug-likeness (QED) is 0.723. The van der Waals surface area contributed by atoms with Gasteiger partial charge in [-0.3, -0.25) is 0 Å². The van der Waals surface area contributed by atoms with Crippen LogP contribution in [0.5, 0.6) is 5.75 Å². The van der Waals surface area contributed by atoms with Gasteiger partial charge < -0.3 is 14.2 Å². The Morgan fingerprint density at radius 3 is 2.77 bits per heavy atom. The summed E-state index contributed by atoms with van der Waals surface area (Å²) in [4.78, 5) is 20.7. The fourth-order valence-corrected chi connectivity index (χ4v) is 3.45. The Balaban J connectivity index is 1.68. The van der Waals surface area contributed by atoms with E-state index in [9.17, 15) is 0 Å². The SMILES string of the molecule is COc1cc(C)nc(N2CCc3nc(-c4nccn4C)ncc3C2C)c1. The number of aromatic nitrogens is 5. The number of imidazole rings is 1. The Morgan fingerprint density at radius 2 is 2.04 bits per heavy atom. The summed E-state index contributed by atoms with van der Waals surface area (Å²) in [6, 6.07) is 4.07. The average Bonchev–Trinajstić information content (AvgIpc) is 3.07. The number of anilines is 1. The van der Waals surface area contributed by atoms with Crippen molar-refractivity contribution in [2.45, 2.75) is 26.3 Å². The fourth-order valence-electron chi connectivity index (χ4n) is 3.45. The van der Waals surface area contributed by atoms with Crippen molar-refractivity contribution in [2.75, 3.05) is 18.6 Å². The van der Waals surface area contributed by atoms with Gasteiger partial charge in [0.25, 0.3) is 0 Å². The van der Waals surface area contributed by atoms with Gasteiger partial charge in [-0.05, 0) is 13.8 Å². The van der Waals surface area contributed by atoms with Crippen LogP contribution in [0.4, 0.5) is 5.82 Å². The monoisotopic (exact) mass is 350 g/mol. The minimum atomic E-state index is 0.146. The number of aryl methyl sites for hydroxylation is 2. The van der Waals surface area contributed by atoms with Crippen LogP contribution in [0.25, 0.3) is 11.6 Å². The lowest BCUT2D eigenvalue weighted by Gasteiger charge is -2.35. The molecule has 0 radical (unpaired) electrons. The average molecular weight is 350 g/mol. The largest absolute Gasteiger partial charge is 0.497 e. The maximum atomic E-state index is 5.40. The molecule has 7 nitrogen and oxygen atoms in total. The topological polar surface area (TPSA) is 69.0 Å². The molecule has 4 rings (SSSR count). The van der Waals surface area contributed by atoms with Crippen LogP contribution in [0.15, 0.2) is 30.7 Å². The van der Waals surface area contributed by atoms with Crippen LogP contribution in [0.2, 0.25) is 0 Å². The number of methoxy groups -OCH3 is 1. The van der Waals surface area contributed by atoms with E-state index in [4.69, 9.17) is 14.7 Å². The van der Waals surface area contributed by atoms with Gasteiger partial charge >= 0.3 is 0 Å².